The Labute approximate surface area is 125 Å². The molecule has 0 aromatic heterocycles. The maximum Gasteiger partial charge on any atom is 0.322 e. The summed E-state index contributed by atoms with van der Waals surface area (Å²) in [7, 11) is 0. The molecule has 0 bridgehead atoms. The molecule has 5 heteroatoms. The minimum Gasteiger partial charge on any atom is -0.481 e. The van der Waals surface area contributed by atoms with Crippen molar-refractivity contribution in [3.8, 4) is 0 Å². The molecule has 5 nitrogen and oxygen atoms in total. The number of rotatable bonds is 3. The van der Waals surface area contributed by atoms with Crippen LogP contribution in [0.1, 0.15) is 38.7 Å². The number of aliphatic carboxylic acids is 1. The van der Waals surface area contributed by atoms with Gasteiger partial charge in [-0.25, -0.2) is 4.79 Å². The fourth-order valence-electron chi connectivity index (χ4n) is 2.96. The maximum atomic E-state index is 12.5. The molecule has 0 aliphatic carbocycles. The molecule has 114 valence electrons. The van der Waals surface area contributed by atoms with Crippen molar-refractivity contribution in [3.05, 3.63) is 29.8 Å². The second kappa shape index (κ2) is 6.61. The highest BCUT2D eigenvalue weighted by Crippen LogP contribution is 2.24. The average molecular weight is 290 g/mol. The molecule has 2 N–H and O–H groups in total. The number of anilines is 1. The predicted octanol–water partition coefficient (Wildman–Crippen LogP) is 3.11. The van der Waals surface area contributed by atoms with E-state index >= 15 is 0 Å². The molecule has 1 heterocycles. The van der Waals surface area contributed by atoms with Crippen LogP contribution in [0.2, 0.25) is 0 Å². The summed E-state index contributed by atoms with van der Waals surface area (Å²) in [6.07, 6.45) is 3.06. The van der Waals surface area contributed by atoms with Crippen molar-refractivity contribution in [1.29, 1.82) is 0 Å². The second-order valence-corrected chi connectivity index (χ2v) is 5.69. The first-order valence-corrected chi connectivity index (χ1v) is 7.38. The summed E-state index contributed by atoms with van der Waals surface area (Å²) in [6, 6.07) is 7.32. The van der Waals surface area contributed by atoms with Gasteiger partial charge in [-0.1, -0.05) is 18.2 Å². The highest BCUT2D eigenvalue weighted by molar-refractivity contribution is 5.91. The van der Waals surface area contributed by atoms with E-state index in [4.69, 9.17) is 5.11 Å². The molecule has 2 rings (SSSR count). The van der Waals surface area contributed by atoms with Gasteiger partial charge in [-0.15, -0.1) is 0 Å². The Hall–Kier alpha value is -2.04. The van der Waals surface area contributed by atoms with E-state index in [0.717, 1.165) is 19.3 Å². The monoisotopic (exact) mass is 290 g/mol. The van der Waals surface area contributed by atoms with Crippen molar-refractivity contribution in [3.63, 3.8) is 0 Å². The highest BCUT2D eigenvalue weighted by atomic mass is 16.4. The molecule has 1 aromatic carbocycles. The van der Waals surface area contributed by atoms with E-state index in [9.17, 15) is 9.59 Å². The van der Waals surface area contributed by atoms with E-state index in [1.54, 1.807) is 24.3 Å². The third-order valence-corrected chi connectivity index (χ3v) is 4.03. The first kappa shape index (κ1) is 15.4. The number of carboxylic acid groups (broad SMARTS) is 1. The number of benzene rings is 1. The summed E-state index contributed by atoms with van der Waals surface area (Å²) in [5.74, 6) is -0.906. The standard InChI is InChI=1S/C16H22N2O3/c1-11-6-5-7-12(2)18(11)16(21)17-14-9-4-3-8-13(14)10-15(19)20/h3-4,8-9,11-12H,5-7,10H2,1-2H3,(H,17,21)(H,19,20). The van der Waals surface area contributed by atoms with E-state index in [0.29, 0.717) is 11.3 Å². The number of carbonyl (C=O) groups excluding carboxylic acids is 1. The molecule has 0 radical (unpaired) electrons. The predicted molar refractivity (Wildman–Crippen MR) is 81.4 cm³/mol. The minimum atomic E-state index is -0.906. The zero-order valence-corrected chi connectivity index (χ0v) is 12.5. The molecule has 0 saturated carbocycles. The van der Waals surface area contributed by atoms with Gasteiger partial charge in [0, 0.05) is 17.8 Å². The number of carbonyl (C=O) groups is 2. The molecular weight excluding hydrogens is 268 g/mol. The summed E-state index contributed by atoms with van der Waals surface area (Å²) in [4.78, 5) is 25.2. The average Bonchev–Trinajstić information content (AvgIpc) is 2.40. The van der Waals surface area contributed by atoms with Gasteiger partial charge in [0.1, 0.15) is 0 Å². The Morgan fingerprint density at radius 1 is 1.24 bits per heavy atom. The van der Waals surface area contributed by atoms with Crippen LogP contribution in [0.25, 0.3) is 0 Å². The second-order valence-electron chi connectivity index (χ2n) is 5.69. The van der Waals surface area contributed by atoms with Crippen molar-refractivity contribution >= 4 is 17.7 Å². The Bertz CT molecular complexity index is 520. The number of carboxylic acids is 1. The van der Waals surface area contributed by atoms with Crippen LogP contribution in [0.15, 0.2) is 24.3 Å². The zero-order chi connectivity index (χ0) is 15.4. The lowest BCUT2D eigenvalue weighted by atomic mass is 9.98. The topological polar surface area (TPSA) is 69.6 Å². The first-order chi connectivity index (χ1) is 9.99. The molecule has 1 aliphatic heterocycles. The van der Waals surface area contributed by atoms with Gasteiger partial charge in [-0.2, -0.15) is 0 Å². The van der Waals surface area contributed by atoms with Crippen molar-refractivity contribution < 1.29 is 14.7 Å². The molecule has 1 aromatic rings. The largest absolute Gasteiger partial charge is 0.481 e. The SMILES string of the molecule is CC1CCCC(C)N1C(=O)Nc1ccccc1CC(=O)O. The Morgan fingerprint density at radius 3 is 2.48 bits per heavy atom. The molecule has 0 spiro atoms. The first-order valence-electron chi connectivity index (χ1n) is 7.38. The van der Waals surface area contributed by atoms with E-state index in [1.807, 2.05) is 4.90 Å². The van der Waals surface area contributed by atoms with Gasteiger partial charge < -0.3 is 15.3 Å². The summed E-state index contributed by atoms with van der Waals surface area (Å²) < 4.78 is 0. The van der Waals surface area contributed by atoms with E-state index < -0.39 is 5.97 Å². The van der Waals surface area contributed by atoms with Crippen LogP contribution in [-0.4, -0.2) is 34.1 Å². The lowest BCUT2D eigenvalue weighted by Crippen LogP contribution is -2.49. The van der Waals surface area contributed by atoms with Gasteiger partial charge in [0.05, 0.1) is 6.42 Å². The van der Waals surface area contributed by atoms with Crippen molar-refractivity contribution in [2.75, 3.05) is 5.32 Å². The molecular formula is C16H22N2O3. The number of nitrogens with one attached hydrogen (secondary N) is 1. The van der Waals surface area contributed by atoms with Crippen molar-refractivity contribution in [2.45, 2.75) is 51.6 Å². The Balaban J connectivity index is 2.13. The number of urea groups is 1. The van der Waals surface area contributed by atoms with Crippen LogP contribution in [0.5, 0.6) is 0 Å². The number of amides is 2. The molecule has 21 heavy (non-hydrogen) atoms. The van der Waals surface area contributed by atoms with Crippen LogP contribution in [0.3, 0.4) is 0 Å². The van der Waals surface area contributed by atoms with E-state index in [-0.39, 0.29) is 24.5 Å². The van der Waals surface area contributed by atoms with Gasteiger partial charge >= 0.3 is 12.0 Å². The molecule has 2 unspecified atom stereocenters. The van der Waals surface area contributed by atoms with E-state index in [1.165, 1.54) is 0 Å². The van der Waals surface area contributed by atoms with Gasteiger partial charge in [-0.3, -0.25) is 4.79 Å². The summed E-state index contributed by atoms with van der Waals surface area (Å²) >= 11 is 0. The maximum absolute atomic E-state index is 12.5. The van der Waals surface area contributed by atoms with Gasteiger partial charge in [0.15, 0.2) is 0 Å². The zero-order valence-electron chi connectivity index (χ0n) is 12.5. The fourth-order valence-corrected chi connectivity index (χ4v) is 2.96. The fraction of sp³-hybridized carbons (Fsp3) is 0.500. The Kier molecular flexibility index (Phi) is 4.83. The van der Waals surface area contributed by atoms with Crippen LogP contribution >= 0.6 is 0 Å². The smallest absolute Gasteiger partial charge is 0.322 e. The number of para-hydroxylation sites is 1. The lowest BCUT2D eigenvalue weighted by Gasteiger charge is -2.39. The normalized spacial score (nSPS) is 21.9. The molecule has 1 saturated heterocycles. The summed E-state index contributed by atoms with van der Waals surface area (Å²) in [5.41, 5.74) is 1.20. The van der Waals surface area contributed by atoms with Crippen molar-refractivity contribution in [1.82, 2.24) is 4.90 Å². The highest BCUT2D eigenvalue weighted by Gasteiger charge is 2.29. The quantitative estimate of drug-likeness (QED) is 0.898. The molecule has 2 amide bonds. The number of likely N-dealkylation sites (tertiary alicyclic amines) is 1. The van der Waals surface area contributed by atoms with Crippen LogP contribution in [0, 0.1) is 0 Å². The van der Waals surface area contributed by atoms with Crippen LogP contribution < -0.4 is 5.32 Å². The molecule has 1 fully saturated rings. The van der Waals surface area contributed by atoms with Gasteiger partial charge in [0.2, 0.25) is 0 Å². The summed E-state index contributed by atoms with van der Waals surface area (Å²) in [5, 5.41) is 11.8. The third-order valence-electron chi connectivity index (χ3n) is 4.03. The third kappa shape index (κ3) is 3.74. The lowest BCUT2D eigenvalue weighted by molar-refractivity contribution is -0.136. The van der Waals surface area contributed by atoms with E-state index in [2.05, 4.69) is 19.2 Å². The minimum absolute atomic E-state index is 0.0957. The number of hydrogen-bond donors (Lipinski definition) is 2. The number of piperidine rings is 1. The summed E-state index contributed by atoms with van der Waals surface area (Å²) in [6.45, 7) is 4.11. The molecule has 1 aliphatic rings. The number of nitrogens with zero attached hydrogens (tertiary/aromatic N) is 1. The van der Waals surface area contributed by atoms with Crippen molar-refractivity contribution in [2.24, 2.45) is 0 Å². The molecule has 2 atom stereocenters. The van der Waals surface area contributed by atoms with Gasteiger partial charge in [0.25, 0.3) is 0 Å². The van der Waals surface area contributed by atoms with Gasteiger partial charge in [-0.05, 0) is 44.7 Å². The number of hydrogen-bond acceptors (Lipinski definition) is 2. The van der Waals surface area contributed by atoms with Crippen LogP contribution in [0.4, 0.5) is 10.5 Å². The Morgan fingerprint density at radius 2 is 1.86 bits per heavy atom. The van der Waals surface area contributed by atoms with Crippen LogP contribution in [-0.2, 0) is 11.2 Å².